The zero-order valence-corrected chi connectivity index (χ0v) is 18.0. The minimum Gasteiger partial charge on any atom is -0.382 e. The number of benzene rings is 2. The maximum atomic E-state index is 12.8. The highest BCUT2D eigenvalue weighted by Crippen LogP contribution is 2.27. The average Bonchev–Trinajstić information content (AvgIpc) is 2.78. The van der Waals surface area contributed by atoms with Crippen LogP contribution in [0.3, 0.4) is 0 Å². The molecule has 0 radical (unpaired) electrons. The van der Waals surface area contributed by atoms with Crippen molar-refractivity contribution >= 4 is 11.6 Å². The Balaban J connectivity index is 1.61. The summed E-state index contributed by atoms with van der Waals surface area (Å²) < 4.78 is 0. The largest absolute Gasteiger partial charge is 0.382 e. The fourth-order valence-corrected chi connectivity index (χ4v) is 4.18. The van der Waals surface area contributed by atoms with Crippen LogP contribution < -0.4 is 16.2 Å². The van der Waals surface area contributed by atoms with Crippen molar-refractivity contribution in [2.24, 2.45) is 11.7 Å². The number of nitrogens with one attached hydrogen (secondary N) is 1. The third-order valence-corrected chi connectivity index (χ3v) is 6.06. The van der Waals surface area contributed by atoms with Crippen molar-refractivity contribution in [3.8, 4) is 0 Å². The molecule has 162 valence electrons. The predicted octanol–water partition coefficient (Wildman–Crippen LogP) is 3.73. The predicted molar refractivity (Wildman–Crippen MR) is 122 cm³/mol. The van der Waals surface area contributed by atoms with E-state index in [-0.39, 0.29) is 0 Å². The van der Waals surface area contributed by atoms with Gasteiger partial charge in [0, 0.05) is 12.6 Å². The number of hydrogen-bond donors (Lipinski definition) is 3. The second-order valence-electron chi connectivity index (χ2n) is 8.55. The standard InChI is InChI=1S/C25H35N3O2/c1-19-12-14-20(15-13-19)16-17-28(22-10-6-3-7-11-22)27-25(30)24(29)23(26)18-21-8-4-2-5-9-21/h3,6-7,10-15,21,23-24,29H,2,4-5,8-9,16-18,26H2,1H3,(H,27,30). The molecule has 1 fully saturated rings. The number of anilines is 1. The zero-order chi connectivity index (χ0) is 21.3. The summed E-state index contributed by atoms with van der Waals surface area (Å²) >= 11 is 0. The van der Waals surface area contributed by atoms with Gasteiger partial charge in [-0.2, -0.15) is 0 Å². The molecule has 3 rings (SSSR count). The lowest BCUT2D eigenvalue weighted by atomic mass is 9.84. The molecule has 0 saturated heterocycles. The third kappa shape index (κ3) is 6.57. The molecule has 2 unspecified atom stereocenters. The Bertz CT molecular complexity index is 773. The summed E-state index contributed by atoms with van der Waals surface area (Å²) in [5.74, 6) is 0.0778. The van der Waals surface area contributed by atoms with Crippen molar-refractivity contribution in [3.63, 3.8) is 0 Å². The summed E-state index contributed by atoms with van der Waals surface area (Å²) in [6.45, 7) is 2.67. The van der Waals surface area contributed by atoms with E-state index in [2.05, 4.69) is 36.6 Å². The minimum absolute atomic E-state index is 0.439. The number of aliphatic hydroxyl groups excluding tert-OH is 1. The fraction of sp³-hybridized carbons (Fsp3) is 0.480. The van der Waals surface area contributed by atoms with Crippen LogP contribution in [0.1, 0.15) is 49.7 Å². The highest BCUT2D eigenvalue weighted by Gasteiger charge is 2.27. The van der Waals surface area contributed by atoms with Gasteiger partial charge >= 0.3 is 0 Å². The first-order valence-corrected chi connectivity index (χ1v) is 11.1. The normalized spacial score (nSPS) is 16.6. The Morgan fingerprint density at radius 2 is 1.77 bits per heavy atom. The molecule has 2 atom stereocenters. The molecule has 0 aliphatic heterocycles. The van der Waals surface area contributed by atoms with E-state index in [0.29, 0.717) is 18.9 Å². The molecule has 5 heteroatoms. The Hall–Kier alpha value is -2.37. The van der Waals surface area contributed by atoms with Crippen LogP contribution in [0.15, 0.2) is 54.6 Å². The Labute approximate surface area is 180 Å². The van der Waals surface area contributed by atoms with Crippen LogP contribution in [0.2, 0.25) is 0 Å². The van der Waals surface area contributed by atoms with Gasteiger partial charge in [0.1, 0.15) is 6.10 Å². The molecule has 0 spiro atoms. The van der Waals surface area contributed by atoms with Gasteiger partial charge < -0.3 is 10.8 Å². The van der Waals surface area contributed by atoms with Gasteiger partial charge in [-0.3, -0.25) is 15.2 Å². The lowest BCUT2D eigenvalue weighted by Crippen LogP contribution is -2.53. The third-order valence-electron chi connectivity index (χ3n) is 6.06. The lowest BCUT2D eigenvalue weighted by Gasteiger charge is -2.30. The van der Waals surface area contributed by atoms with Crippen LogP contribution in [0.5, 0.6) is 0 Å². The van der Waals surface area contributed by atoms with Gasteiger partial charge in [0.05, 0.1) is 5.69 Å². The first-order chi connectivity index (χ1) is 14.5. The van der Waals surface area contributed by atoms with E-state index in [1.807, 2.05) is 30.3 Å². The van der Waals surface area contributed by atoms with Crippen molar-refractivity contribution in [2.45, 2.75) is 64.0 Å². The maximum absolute atomic E-state index is 12.8. The summed E-state index contributed by atoms with van der Waals surface area (Å²) in [5, 5.41) is 12.4. The number of hydrogen-bond acceptors (Lipinski definition) is 4. The van der Waals surface area contributed by atoms with Gasteiger partial charge in [0.25, 0.3) is 5.91 Å². The molecule has 1 amide bonds. The summed E-state index contributed by atoms with van der Waals surface area (Å²) in [6, 6.07) is 17.6. The van der Waals surface area contributed by atoms with Gasteiger partial charge in [0.15, 0.2) is 0 Å². The van der Waals surface area contributed by atoms with Crippen molar-refractivity contribution in [1.29, 1.82) is 0 Å². The molecule has 0 aromatic heterocycles. The number of hydrazine groups is 1. The molecule has 2 aromatic rings. The smallest absolute Gasteiger partial charge is 0.268 e. The minimum atomic E-state index is -1.21. The van der Waals surface area contributed by atoms with Crippen LogP contribution in [-0.4, -0.2) is 29.7 Å². The molecule has 0 heterocycles. The van der Waals surface area contributed by atoms with Gasteiger partial charge in [-0.1, -0.05) is 80.1 Å². The second kappa shape index (κ2) is 11.1. The molecule has 1 aliphatic rings. The second-order valence-corrected chi connectivity index (χ2v) is 8.55. The summed E-state index contributed by atoms with van der Waals surface area (Å²) in [7, 11) is 0. The van der Waals surface area contributed by atoms with Crippen LogP contribution in [0, 0.1) is 12.8 Å². The first-order valence-electron chi connectivity index (χ1n) is 11.1. The maximum Gasteiger partial charge on any atom is 0.268 e. The summed E-state index contributed by atoms with van der Waals surface area (Å²) in [4.78, 5) is 12.8. The topological polar surface area (TPSA) is 78.6 Å². The summed E-state index contributed by atoms with van der Waals surface area (Å²) in [6.07, 6.45) is 6.28. The van der Waals surface area contributed by atoms with E-state index in [0.717, 1.165) is 24.9 Å². The molecule has 30 heavy (non-hydrogen) atoms. The SMILES string of the molecule is Cc1ccc(CCN(NC(=O)C(O)C(N)CC2CCCCC2)c2ccccc2)cc1. The molecular formula is C25H35N3O2. The summed E-state index contributed by atoms with van der Waals surface area (Å²) in [5.41, 5.74) is 12.4. The van der Waals surface area contributed by atoms with E-state index in [9.17, 15) is 9.90 Å². The van der Waals surface area contributed by atoms with E-state index in [1.165, 1.54) is 30.4 Å². The highest BCUT2D eigenvalue weighted by atomic mass is 16.3. The number of carbonyl (C=O) groups excluding carboxylic acids is 1. The van der Waals surface area contributed by atoms with E-state index in [4.69, 9.17) is 5.73 Å². The molecule has 5 nitrogen and oxygen atoms in total. The Morgan fingerprint density at radius 1 is 1.10 bits per heavy atom. The van der Waals surface area contributed by atoms with Crippen molar-refractivity contribution in [2.75, 3.05) is 11.6 Å². The number of amides is 1. The molecular weight excluding hydrogens is 374 g/mol. The van der Waals surface area contributed by atoms with E-state index in [1.54, 1.807) is 5.01 Å². The zero-order valence-electron chi connectivity index (χ0n) is 18.0. The number of nitrogens with two attached hydrogens (primary N) is 1. The van der Waals surface area contributed by atoms with Gasteiger partial charge in [-0.25, -0.2) is 0 Å². The highest BCUT2D eigenvalue weighted by molar-refractivity contribution is 5.82. The van der Waals surface area contributed by atoms with Crippen LogP contribution in [0.4, 0.5) is 5.69 Å². The monoisotopic (exact) mass is 409 g/mol. The van der Waals surface area contributed by atoms with Crippen LogP contribution in [-0.2, 0) is 11.2 Å². The van der Waals surface area contributed by atoms with Gasteiger partial charge in [-0.05, 0) is 43.4 Å². The first kappa shape index (κ1) is 22.3. The number of aryl methyl sites for hydroxylation is 1. The number of nitrogens with zero attached hydrogens (tertiary/aromatic N) is 1. The van der Waals surface area contributed by atoms with Crippen LogP contribution in [0.25, 0.3) is 0 Å². The lowest BCUT2D eigenvalue weighted by molar-refractivity contribution is -0.130. The number of aliphatic hydroxyl groups is 1. The van der Waals surface area contributed by atoms with E-state index >= 15 is 0 Å². The molecule has 4 N–H and O–H groups in total. The Morgan fingerprint density at radius 3 is 2.43 bits per heavy atom. The van der Waals surface area contributed by atoms with E-state index < -0.39 is 18.1 Å². The van der Waals surface area contributed by atoms with Crippen molar-refractivity contribution in [3.05, 3.63) is 65.7 Å². The van der Waals surface area contributed by atoms with Crippen molar-refractivity contribution < 1.29 is 9.90 Å². The van der Waals surface area contributed by atoms with Crippen LogP contribution >= 0.6 is 0 Å². The molecule has 2 aromatic carbocycles. The van der Waals surface area contributed by atoms with Gasteiger partial charge in [-0.15, -0.1) is 0 Å². The average molecular weight is 410 g/mol. The number of para-hydroxylation sites is 1. The quantitative estimate of drug-likeness (QED) is 0.552. The molecule has 1 saturated carbocycles. The fourth-order valence-electron chi connectivity index (χ4n) is 4.18. The van der Waals surface area contributed by atoms with Crippen molar-refractivity contribution in [1.82, 2.24) is 5.43 Å². The Kier molecular flexibility index (Phi) is 8.29. The number of carbonyl (C=O) groups is 1. The molecule has 0 bridgehead atoms. The molecule has 1 aliphatic carbocycles. The van der Waals surface area contributed by atoms with Gasteiger partial charge in [0.2, 0.25) is 0 Å². The number of rotatable bonds is 9.